The van der Waals surface area contributed by atoms with Crippen molar-refractivity contribution in [1.29, 1.82) is 0 Å². The molecule has 2 heteroatoms. The van der Waals surface area contributed by atoms with E-state index in [1.807, 2.05) is 6.92 Å². The summed E-state index contributed by atoms with van der Waals surface area (Å²) in [5.41, 5.74) is 0. The average Bonchev–Trinajstić information content (AvgIpc) is 1.41. The minimum Gasteiger partial charge on any atom is -0.854 e. The predicted octanol–water partition coefficient (Wildman–Crippen LogP) is 0.144. The van der Waals surface area contributed by atoms with E-state index in [2.05, 4.69) is 0 Å². The molecule has 0 aromatic heterocycles. The van der Waals surface area contributed by atoms with Gasteiger partial charge in [-0.25, -0.2) is 0 Å². The monoisotopic (exact) mass is 180 g/mol. The molecule has 0 aromatic rings. The molecule has 0 N–H and O–H groups in total. The molecular formula is C4H9AgO. The Hall–Kier alpha value is 0.700. The molecule has 0 heterocycles. The Bertz CT molecular complexity index is 15.0. The van der Waals surface area contributed by atoms with Crippen molar-refractivity contribution >= 4 is 0 Å². The van der Waals surface area contributed by atoms with Crippen molar-refractivity contribution in [3.63, 3.8) is 0 Å². The first kappa shape index (κ1) is 9.85. The molecule has 0 spiro atoms. The van der Waals surface area contributed by atoms with Crippen LogP contribution in [0.5, 0.6) is 0 Å². The van der Waals surface area contributed by atoms with E-state index in [-0.39, 0.29) is 29.0 Å². The number of hydrogen-bond donors (Lipinski definition) is 0. The Labute approximate surface area is 54.3 Å². The van der Waals surface area contributed by atoms with Crippen molar-refractivity contribution in [2.75, 3.05) is 6.61 Å². The van der Waals surface area contributed by atoms with E-state index < -0.39 is 0 Å². The van der Waals surface area contributed by atoms with Gasteiger partial charge in [-0.15, -0.1) is 6.61 Å². The first-order valence-electron chi connectivity index (χ1n) is 2.00. The van der Waals surface area contributed by atoms with E-state index >= 15 is 0 Å². The maximum atomic E-state index is 9.53. The summed E-state index contributed by atoms with van der Waals surface area (Å²) in [5, 5.41) is 9.53. The molecule has 6 heavy (non-hydrogen) atoms. The maximum Gasteiger partial charge on any atom is 1.00 e. The van der Waals surface area contributed by atoms with Crippen LogP contribution in [0.3, 0.4) is 0 Å². The first-order chi connectivity index (χ1) is 2.41. The third kappa shape index (κ3) is 8.83. The van der Waals surface area contributed by atoms with E-state index in [0.717, 1.165) is 12.8 Å². The van der Waals surface area contributed by atoms with Crippen LogP contribution in [0, 0.1) is 0 Å². The summed E-state index contributed by atoms with van der Waals surface area (Å²) in [6.07, 6.45) is 1.86. The zero-order valence-electron chi connectivity index (χ0n) is 3.83. The Balaban J connectivity index is 0. The third-order valence-corrected chi connectivity index (χ3v) is 0.498. The molecule has 0 unspecified atom stereocenters. The number of hydrogen-bond acceptors (Lipinski definition) is 1. The van der Waals surface area contributed by atoms with E-state index in [0.29, 0.717) is 0 Å². The van der Waals surface area contributed by atoms with Crippen LogP contribution in [0.2, 0.25) is 0 Å². The molecule has 0 aliphatic heterocycles. The molecule has 0 bridgehead atoms. The molecule has 42 valence electrons. The maximum absolute atomic E-state index is 9.53. The molecule has 0 aromatic carbocycles. The molecule has 0 rings (SSSR count). The van der Waals surface area contributed by atoms with E-state index in [1.165, 1.54) is 0 Å². The topological polar surface area (TPSA) is 23.1 Å². The summed E-state index contributed by atoms with van der Waals surface area (Å²) < 4.78 is 0. The quantitative estimate of drug-likeness (QED) is 0.555. The first-order valence-corrected chi connectivity index (χ1v) is 2.00. The summed E-state index contributed by atoms with van der Waals surface area (Å²) in [4.78, 5) is 0. The Morgan fingerprint density at radius 3 is 2.00 bits per heavy atom. The van der Waals surface area contributed by atoms with Gasteiger partial charge in [-0.2, -0.15) is 0 Å². The molecule has 0 aliphatic rings. The molecule has 0 saturated carbocycles. The summed E-state index contributed by atoms with van der Waals surface area (Å²) in [7, 11) is 0. The Morgan fingerprint density at radius 1 is 1.50 bits per heavy atom. The third-order valence-electron chi connectivity index (χ3n) is 0.498. The zero-order valence-corrected chi connectivity index (χ0v) is 5.31. The molecular weight excluding hydrogens is 172 g/mol. The normalized spacial score (nSPS) is 7.00. The molecule has 0 aliphatic carbocycles. The van der Waals surface area contributed by atoms with Crippen LogP contribution in [0.1, 0.15) is 19.8 Å². The summed E-state index contributed by atoms with van der Waals surface area (Å²) in [6.45, 7) is 2.11. The second-order valence-electron chi connectivity index (χ2n) is 1.06. The number of unbranched alkanes of at least 4 members (excludes halogenated alkanes) is 1. The van der Waals surface area contributed by atoms with Gasteiger partial charge in [0, 0.05) is 0 Å². The summed E-state index contributed by atoms with van der Waals surface area (Å²) in [5.74, 6) is 0. The van der Waals surface area contributed by atoms with Crippen molar-refractivity contribution < 1.29 is 27.5 Å². The van der Waals surface area contributed by atoms with Crippen LogP contribution in [-0.2, 0) is 22.4 Å². The molecule has 0 amide bonds. The molecule has 0 atom stereocenters. The molecule has 1 nitrogen and oxygen atoms in total. The van der Waals surface area contributed by atoms with Crippen LogP contribution in [0.4, 0.5) is 0 Å². The fourth-order valence-corrected chi connectivity index (χ4v) is 0.144. The minimum atomic E-state index is 0. The van der Waals surface area contributed by atoms with Crippen LogP contribution >= 0.6 is 0 Å². The van der Waals surface area contributed by atoms with Gasteiger partial charge in [0.1, 0.15) is 0 Å². The summed E-state index contributed by atoms with van der Waals surface area (Å²) in [6, 6.07) is 0. The summed E-state index contributed by atoms with van der Waals surface area (Å²) >= 11 is 0. The Kier molecular flexibility index (Phi) is 15.1. The van der Waals surface area contributed by atoms with Gasteiger partial charge in [0.15, 0.2) is 0 Å². The average molecular weight is 181 g/mol. The van der Waals surface area contributed by atoms with E-state index in [1.54, 1.807) is 0 Å². The van der Waals surface area contributed by atoms with Crippen LogP contribution in [0.25, 0.3) is 0 Å². The van der Waals surface area contributed by atoms with Gasteiger partial charge in [-0.05, 0) is 0 Å². The van der Waals surface area contributed by atoms with Crippen molar-refractivity contribution in [3.05, 3.63) is 0 Å². The van der Waals surface area contributed by atoms with Crippen LogP contribution in [0.15, 0.2) is 0 Å². The zero-order chi connectivity index (χ0) is 4.12. The van der Waals surface area contributed by atoms with Crippen LogP contribution in [-0.4, -0.2) is 6.61 Å². The van der Waals surface area contributed by atoms with Crippen molar-refractivity contribution in [2.45, 2.75) is 19.8 Å². The number of rotatable bonds is 2. The fraction of sp³-hybridized carbons (Fsp3) is 1.00. The second-order valence-corrected chi connectivity index (χ2v) is 1.06. The van der Waals surface area contributed by atoms with Gasteiger partial charge in [0.2, 0.25) is 0 Å². The molecule has 0 fully saturated rings. The standard InChI is InChI=1S/C4H9O.Ag/c1-2-3-4-5;/h2-4H2,1H3;/q-1;+1. The largest absolute Gasteiger partial charge is 1.00 e. The van der Waals surface area contributed by atoms with E-state index in [4.69, 9.17) is 0 Å². The van der Waals surface area contributed by atoms with Crippen molar-refractivity contribution in [3.8, 4) is 0 Å². The minimum absolute atomic E-state index is 0. The molecule has 0 radical (unpaired) electrons. The van der Waals surface area contributed by atoms with Crippen molar-refractivity contribution in [1.82, 2.24) is 0 Å². The van der Waals surface area contributed by atoms with E-state index in [9.17, 15) is 5.11 Å². The van der Waals surface area contributed by atoms with Crippen LogP contribution < -0.4 is 5.11 Å². The SMILES string of the molecule is CCCC[O-].[Ag+]. The van der Waals surface area contributed by atoms with Gasteiger partial charge < -0.3 is 5.11 Å². The smallest absolute Gasteiger partial charge is 0.854 e. The van der Waals surface area contributed by atoms with Gasteiger partial charge in [-0.1, -0.05) is 19.8 Å². The predicted molar refractivity (Wildman–Crippen MR) is 19.8 cm³/mol. The molecule has 0 saturated heterocycles. The van der Waals surface area contributed by atoms with Crippen molar-refractivity contribution in [2.24, 2.45) is 0 Å². The second kappa shape index (κ2) is 9.20. The fourth-order valence-electron chi connectivity index (χ4n) is 0.144. The van der Waals surface area contributed by atoms with Gasteiger partial charge >= 0.3 is 22.4 Å². The Morgan fingerprint density at radius 2 is 2.00 bits per heavy atom. The van der Waals surface area contributed by atoms with Gasteiger partial charge in [-0.3, -0.25) is 0 Å². The van der Waals surface area contributed by atoms with Gasteiger partial charge in [0.05, 0.1) is 0 Å². The van der Waals surface area contributed by atoms with Gasteiger partial charge in [0.25, 0.3) is 0 Å².